The maximum Gasteiger partial charge on any atom is 0.129 e. The van der Waals surface area contributed by atoms with Crippen LogP contribution in [0.15, 0.2) is 6.07 Å². The molecule has 0 aliphatic heterocycles. The zero-order chi connectivity index (χ0) is 11.4. The Labute approximate surface area is 97.7 Å². The summed E-state index contributed by atoms with van der Waals surface area (Å²) in [6.45, 7) is 5.15. The highest BCUT2D eigenvalue weighted by molar-refractivity contribution is 5.36. The topological polar surface area (TPSA) is 37.8 Å². The summed E-state index contributed by atoms with van der Waals surface area (Å²) in [7, 11) is 0. The summed E-state index contributed by atoms with van der Waals surface area (Å²) < 4.78 is 0. The molecule has 0 aromatic carbocycles. The molecule has 1 aromatic heterocycles. The van der Waals surface area contributed by atoms with Crippen LogP contribution < -0.4 is 5.32 Å². The number of aromatic nitrogens is 2. The highest BCUT2D eigenvalue weighted by atomic mass is 15.0. The first-order valence-corrected chi connectivity index (χ1v) is 6.36. The van der Waals surface area contributed by atoms with Gasteiger partial charge in [-0.1, -0.05) is 19.8 Å². The maximum absolute atomic E-state index is 4.42. The van der Waals surface area contributed by atoms with Gasteiger partial charge in [-0.3, -0.25) is 0 Å². The largest absolute Gasteiger partial charge is 0.370 e. The van der Waals surface area contributed by atoms with E-state index in [1.54, 1.807) is 0 Å². The smallest absolute Gasteiger partial charge is 0.129 e. The summed E-state index contributed by atoms with van der Waals surface area (Å²) in [6, 6.07) is 2.07. The second-order valence-electron chi connectivity index (χ2n) is 4.68. The third-order valence-corrected chi connectivity index (χ3v) is 3.30. The van der Waals surface area contributed by atoms with Crippen LogP contribution in [-0.4, -0.2) is 16.5 Å². The zero-order valence-electron chi connectivity index (χ0n) is 10.3. The zero-order valence-corrected chi connectivity index (χ0v) is 10.3. The third-order valence-electron chi connectivity index (χ3n) is 3.30. The summed E-state index contributed by atoms with van der Waals surface area (Å²) in [4.78, 5) is 8.80. The Morgan fingerprint density at radius 3 is 2.75 bits per heavy atom. The van der Waals surface area contributed by atoms with Gasteiger partial charge in [0.15, 0.2) is 0 Å². The molecule has 0 unspecified atom stereocenters. The molecule has 16 heavy (non-hydrogen) atoms. The number of hydrogen-bond donors (Lipinski definition) is 1. The van der Waals surface area contributed by atoms with Gasteiger partial charge in [-0.2, -0.15) is 0 Å². The van der Waals surface area contributed by atoms with Gasteiger partial charge in [-0.05, 0) is 32.1 Å². The van der Waals surface area contributed by atoms with Gasteiger partial charge in [0.1, 0.15) is 11.6 Å². The molecule has 3 nitrogen and oxygen atoms in total. The number of rotatable bonds is 4. The lowest BCUT2D eigenvalue weighted by molar-refractivity contribution is 0.578. The fourth-order valence-electron chi connectivity index (χ4n) is 2.36. The number of aryl methyl sites for hydroxylation is 2. The van der Waals surface area contributed by atoms with Gasteiger partial charge in [-0.15, -0.1) is 0 Å². The second-order valence-corrected chi connectivity index (χ2v) is 4.68. The Balaban J connectivity index is 1.94. The number of anilines is 1. The Morgan fingerprint density at radius 1 is 1.31 bits per heavy atom. The Kier molecular flexibility index (Phi) is 3.75. The van der Waals surface area contributed by atoms with Gasteiger partial charge in [0.2, 0.25) is 0 Å². The first-order chi connectivity index (χ1) is 7.78. The molecule has 1 aromatic rings. The van der Waals surface area contributed by atoms with Crippen molar-refractivity contribution in [3.8, 4) is 0 Å². The van der Waals surface area contributed by atoms with Crippen molar-refractivity contribution in [2.24, 2.45) is 5.92 Å². The van der Waals surface area contributed by atoms with Crippen molar-refractivity contribution in [1.29, 1.82) is 0 Å². The maximum atomic E-state index is 4.42. The quantitative estimate of drug-likeness (QED) is 0.846. The SMILES string of the molecule is CCc1cc(NCC2CCCC2)nc(C)n1. The second kappa shape index (κ2) is 5.28. The van der Waals surface area contributed by atoms with E-state index in [4.69, 9.17) is 0 Å². The first-order valence-electron chi connectivity index (χ1n) is 6.36. The van der Waals surface area contributed by atoms with E-state index in [9.17, 15) is 0 Å². The van der Waals surface area contributed by atoms with Crippen molar-refractivity contribution in [2.75, 3.05) is 11.9 Å². The summed E-state index contributed by atoms with van der Waals surface area (Å²) in [6.07, 6.45) is 6.52. The number of nitrogens with one attached hydrogen (secondary N) is 1. The predicted molar refractivity (Wildman–Crippen MR) is 66.6 cm³/mol. The van der Waals surface area contributed by atoms with Gasteiger partial charge in [0.05, 0.1) is 0 Å². The molecule has 1 fully saturated rings. The highest BCUT2D eigenvalue weighted by Gasteiger charge is 2.14. The van der Waals surface area contributed by atoms with Crippen LogP contribution in [0.25, 0.3) is 0 Å². The number of hydrogen-bond acceptors (Lipinski definition) is 3. The van der Waals surface area contributed by atoms with Gasteiger partial charge in [0, 0.05) is 18.3 Å². The Hall–Kier alpha value is -1.12. The standard InChI is InChI=1S/C13H21N3/c1-3-12-8-13(16-10(2)15-12)14-9-11-6-4-5-7-11/h8,11H,3-7,9H2,1-2H3,(H,14,15,16). The van der Waals surface area contributed by atoms with Crippen LogP contribution >= 0.6 is 0 Å². The Bertz CT molecular complexity index is 343. The molecule has 0 amide bonds. The molecule has 88 valence electrons. The van der Waals surface area contributed by atoms with Crippen molar-refractivity contribution in [1.82, 2.24) is 9.97 Å². The molecule has 0 saturated heterocycles. The molecule has 0 radical (unpaired) electrons. The molecule has 0 spiro atoms. The normalized spacial score (nSPS) is 16.6. The van der Waals surface area contributed by atoms with E-state index in [1.807, 2.05) is 6.92 Å². The monoisotopic (exact) mass is 219 g/mol. The molecule has 2 rings (SSSR count). The fourth-order valence-corrected chi connectivity index (χ4v) is 2.36. The summed E-state index contributed by atoms with van der Waals surface area (Å²) >= 11 is 0. The van der Waals surface area contributed by atoms with E-state index < -0.39 is 0 Å². The minimum Gasteiger partial charge on any atom is -0.370 e. The number of nitrogens with zero attached hydrogens (tertiary/aromatic N) is 2. The molecule has 1 aliphatic rings. The van der Waals surface area contributed by atoms with E-state index in [0.717, 1.165) is 36.2 Å². The van der Waals surface area contributed by atoms with Gasteiger partial charge in [0.25, 0.3) is 0 Å². The van der Waals surface area contributed by atoms with E-state index in [0.29, 0.717) is 0 Å². The summed E-state index contributed by atoms with van der Waals surface area (Å²) in [5, 5.41) is 3.45. The van der Waals surface area contributed by atoms with Crippen molar-refractivity contribution >= 4 is 5.82 Å². The van der Waals surface area contributed by atoms with Crippen LogP contribution in [0.5, 0.6) is 0 Å². The van der Waals surface area contributed by atoms with Crippen LogP contribution in [0, 0.1) is 12.8 Å². The van der Waals surface area contributed by atoms with E-state index >= 15 is 0 Å². The third kappa shape index (κ3) is 2.94. The van der Waals surface area contributed by atoms with Crippen LogP contribution in [0.4, 0.5) is 5.82 Å². The van der Waals surface area contributed by atoms with Crippen molar-refractivity contribution in [3.05, 3.63) is 17.6 Å². The van der Waals surface area contributed by atoms with Gasteiger partial charge in [-0.25, -0.2) is 9.97 Å². The lowest BCUT2D eigenvalue weighted by atomic mass is 10.1. The molecule has 1 N–H and O–H groups in total. The lowest BCUT2D eigenvalue weighted by Crippen LogP contribution is -2.13. The predicted octanol–water partition coefficient (Wildman–Crippen LogP) is 2.95. The first kappa shape index (κ1) is 11.4. The average molecular weight is 219 g/mol. The summed E-state index contributed by atoms with van der Waals surface area (Å²) in [5.74, 6) is 2.71. The molecular formula is C13H21N3. The highest BCUT2D eigenvalue weighted by Crippen LogP contribution is 2.24. The van der Waals surface area contributed by atoms with E-state index in [1.165, 1.54) is 25.7 Å². The average Bonchev–Trinajstić information content (AvgIpc) is 2.78. The van der Waals surface area contributed by atoms with Gasteiger partial charge < -0.3 is 5.32 Å². The van der Waals surface area contributed by atoms with E-state index in [2.05, 4.69) is 28.3 Å². The van der Waals surface area contributed by atoms with Crippen LogP contribution in [0.2, 0.25) is 0 Å². The van der Waals surface area contributed by atoms with Crippen molar-refractivity contribution in [2.45, 2.75) is 46.0 Å². The van der Waals surface area contributed by atoms with Gasteiger partial charge >= 0.3 is 0 Å². The minimum atomic E-state index is 0.848. The minimum absolute atomic E-state index is 0.848. The molecular weight excluding hydrogens is 198 g/mol. The van der Waals surface area contributed by atoms with Crippen LogP contribution in [0.3, 0.4) is 0 Å². The van der Waals surface area contributed by atoms with Crippen LogP contribution in [0.1, 0.15) is 44.1 Å². The van der Waals surface area contributed by atoms with E-state index in [-0.39, 0.29) is 0 Å². The Morgan fingerprint density at radius 2 is 2.06 bits per heavy atom. The molecule has 0 atom stereocenters. The van der Waals surface area contributed by atoms with Crippen LogP contribution in [-0.2, 0) is 6.42 Å². The molecule has 0 bridgehead atoms. The summed E-state index contributed by atoms with van der Waals surface area (Å²) in [5.41, 5.74) is 1.13. The lowest BCUT2D eigenvalue weighted by Gasteiger charge is -2.12. The van der Waals surface area contributed by atoms with Crippen molar-refractivity contribution in [3.63, 3.8) is 0 Å². The molecule has 3 heteroatoms. The molecule has 1 heterocycles. The van der Waals surface area contributed by atoms with Crippen molar-refractivity contribution < 1.29 is 0 Å². The fraction of sp³-hybridized carbons (Fsp3) is 0.692. The molecule has 1 aliphatic carbocycles. The molecule has 1 saturated carbocycles.